The Labute approximate surface area is 200 Å². The maximum Gasteiger partial charge on any atom is 0.191 e. The average Bonchev–Trinajstić information content (AvgIpc) is 2.65. The van der Waals surface area contributed by atoms with Crippen LogP contribution in [0.5, 0.6) is 5.75 Å². The molecule has 166 valence electrons. The van der Waals surface area contributed by atoms with Crippen LogP contribution in [0.4, 0.5) is 0 Å². The molecule has 30 heavy (non-hydrogen) atoms. The van der Waals surface area contributed by atoms with Crippen LogP contribution in [0, 0.1) is 6.92 Å². The van der Waals surface area contributed by atoms with Crippen molar-refractivity contribution >= 4 is 40.7 Å². The molecule has 0 saturated carbocycles. The predicted molar refractivity (Wildman–Crippen MR) is 138 cm³/mol. The maximum absolute atomic E-state index is 12.3. The summed E-state index contributed by atoms with van der Waals surface area (Å²) in [6.45, 7) is 9.38. The van der Waals surface area contributed by atoms with Crippen LogP contribution in [0.3, 0.4) is 0 Å². The van der Waals surface area contributed by atoms with Crippen LogP contribution >= 0.6 is 24.0 Å². The van der Waals surface area contributed by atoms with Crippen LogP contribution in [0.1, 0.15) is 37.5 Å². The Hall–Kier alpha value is -1.61. The molecule has 2 aromatic carbocycles. The number of hydrogen-bond donors (Lipinski definition) is 2. The van der Waals surface area contributed by atoms with Crippen LogP contribution in [0.2, 0.25) is 0 Å². The number of hydrogen-bond acceptors (Lipinski definition) is 3. The Morgan fingerprint density at radius 1 is 1.10 bits per heavy atom. The number of nitrogens with zero attached hydrogens (tertiary/aromatic N) is 1. The van der Waals surface area contributed by atoms with Crippen molar-refractivity contribution in [2.24, 2.45) is 4.99 Å². The number of aryl methyl sites for hydroxylation is 1. The van der Waals surface area contributed by atoms with Crippen molar-refractivity contribution in [1.29, 1.82) is 0 Å². The van der Waals surface area contributed by atoms with E-state index in [-0.39, 0.29) is 29.6 Å². The first-order chi connectivity index (χ1) is 13.8. The summed E-state index contributed by atoms with van der Waals surface area (Å²) in [5, 5.41) is 6.56. The molecule has 0 aliphatic carbocycles. The Bertz CT molecular complexity index is 836. The highest BCUT2D eigenvalue weighted by Crippen LogP contribution is 2.24. The quantitative estimate of drug-likeness (QED) is 0.294. The molecule has 0 amide bonds. The first kappa shape index (κ1) is 26.4. The summed E-state index contributed by atoms with van der Waals surface area (Å²) in [5.74, 6) is 2.71. The van der Waals surface area contributed by atoms with E-state index in [2.05, 4.69) is 40.7 Å². The lowest BCUT2D eigenvalue weighted by Crippen LogP contribution is -2.39. The van der Waals surface area contributed by atoms with E-state index in [1.807, 2.05) is 51.1 Å². The molecule has 5 nitrogen and oxygen atoms in total. The minimum Gasteiger partial charge on any atom is -0.488 e. The van der Waals surface area contributed by atoms with Gasteiger partial charge in [0.05, 0.1) is 0 Å². The van der Waals surface area contributed by atoms with Gasteiger partial charge in [-0.1, -0.05) is 42.5 Å². The number of halogens is 1. The second-order valence-corrected chi connectivity index (χ2v) is 9.53. The molecule has 0 aliphatic rings. The Morgan fingerprint density at radius 3 is 2.43 bits per heavy atom. The van der Waals surface area contributed by atoms with Crippen molar-refractivity contribution in [3.8, 4) is 5.75 Å². The van der Waals surface area contributed by atoms with Gasteiger partial charge in [-0.05, 0) is 44.9 Å². The highest BCUT2D eigenvalue weighted by molar-refractivity contribution is 14.0. The third-order valence-electron chi connectivity index (χ3n) is 4.10. The number of nitrogens with one attached hydrogen (secondary N) is 2. The van der Waals surface area contributed by atoms with Crippen LogP contribution in [-0.2, 0) is 23.1 Å². The highest BCUT2D eigenvalue weighted by Gasteiger charge is 2.15. The second-order valence-electron chi connectivity index (χ2n) is 7.95. The topological polar surface area (TPSA) is 62.7 Å². The monoisotopic (exact) mass is 543 g/mol. The zero-order valence-corrected chi connectivity index (χ0v) is 21.7. The van der Waals surface area contributed by atoms with E-state index in [4.69, 9.17) is 4.74 Å². The highest BCUT2D eigenvalue weighted by atomic mass is 127. The zero-order chi connectivity index (χ0) is 21.3. The summed E-state index contributed by atoms with van der Waals surface area (Å²) < 4.78 is 18.4. The van der Waals surface area contributed by atoms with Gasteiger partial charge in [0.2, 0.25) is 0 Å². The molecule has 0 spiro atoms. The smallest absolute Gasteiger partial charge is 0.191 e. The standard InChI is InChI=1S/C23H33N3O2S.HI/c1-18-11-12-20(21(15-18)28-23(2,3)4)16-26-22(24-5)25-13-14-29(27)17-19-9-7-6-8-10-19;/h6-12,15H,13-14,16-17H2,1-5H3,(H2,24,25,26);1H. The normalized spacial score (nSPS) is 12.6. The predicted octanol–water partition coefficient (Wildman–Crippen LogP) is 4.40. The van der Waals surface area contributed by atoms with Crippen molar-refractivity contribution in [2.75, 3.05) is 19.3 Å². The number of aliphatic imine (C=N–C) groups is 1. The van der Waals surface area contributed by atoms with Gasteiger partial charge in [-0.15, -0.1) is 24.0 Å². The minimum atomic E-state index is -0.912. The number of ether oxygens (including phenoxy) is 1. The van der Waals surface area contributed by atoms with Gasteiger partial charge < -0.3 is 15.4 Å². The maximum atomic E-state index is 12.3. The van der Waals surface area contributed by atoms with Gasteiger partial charge in [0.25, 0.3) is 0 Å². The molecule has 2 N–H and O–H groups in total. The van der Waals surface area contributed by atoms with E-state index in [9.17, 15) is 4.21 Å². The number of benzene rings is 2. The number of guanidine groups is 1. The van der Waals surface area contributed by atoms with Crippen molar-refractivity contribution in [2.45, 2.75) is 45.6 Å². The van der Waals surface area contributed by atoms with Crippen LogP contribution < -0.4 is 15.4 Å². The lowest BCUT2D eigenvalue weighted by Gasteiger charge is -2.24. The molecule has 1 unspecified atom stereocenters. The van der Waals surface area contributed by atoms with Crippen molar-refractivity contribution in [3.05, 3.63) is 65.2 Å². The number of rotatable bonds is 8. The molecule has 1 atom stereocenters. The van der Waals surface area contributed by atoms with E-state index in [0.717, 1.165) is 22.4 Å². The summed E-state index contributed by atoms with van der Waals surface area (Å²) in [5.41, 5.74) is 3.07. The average molecular weight is 544 g/mol. The Kier molecular flexibility index (Phi) is 11.4. The SMILES string of the molecule is CN=C(NCCS(=O)Cc1ccccc1)NCc1ccc(C)cc1OC(C)(C)C.I. The van der Waals surface area contributed by atoms with Crippen LogP contribution in [0.25, 0.3) is 0 Å². The molecule has 2 rings (SSSR count). The minimum absolute atomic E-state index is 0. The van der Waals surface area contributed by atoms with Gasteiger partial charge in [-0.25, -0.2) is 0 Å². The van der Waals surface area contributed by atoms with Gasteiger partial charge in [-0.2, -0.15) is 0 Å². The molecular formula is C23H34IN3O2S. The molecular weight excluding hydrogens is 509 g/mol. The van der Waals surface area contributed by atoms with E-state index < -0.39 is 10.8 Å². The van der Waals surface area contributed by atoms with Gasteiger partial charge in [0.1, 0.15) is 11.4 Å². The third-order valence-corrected chi connectivity index (χ3v) is 5.42. The van der Waals surface area contributed by atoms with E-state index >= 15 is 0 Å². The fourth-order valence-corrected chi connectivity index (χ4v) is 3.79. The summed E-state index contributed by atoms with van der Waals surface area (Å²) in [6.07, 6.45) is 0. The lowest BCUT2D eigenvalue weighted by molar-refractivity contribution is 0.129. The fraction of sp³-hybridized carbons (Fsp3) is 0.435. The molecule has 7 heteroatoms. The zero-order valence-electron chi connectivity index (χ0n) is 18.5. The van der Waals surface area contributed by atoms with E-state index in [0.29, 0.717) is 30.6 Å². The van der Waals surface area contributed by atoms with Crippen LogP contribution in [-0.4, -0.2) is 35.1 Å². The van der Waals surface area contributed by atoms with E-state index in [1.54, 1.807) is 7.05 Å². The largest absolute Gasteiger partial charge is 0.488 e. The van der Waals surface area contributed by atoms with Gasteiger partial charge in [0.15, 0.2) is 5.96 Å². The first-order valence-corrected chi connectivity index (χ1v) is 11.4. The summed E-state index contributed by atoms with van der Waals surface area (Å²) in [7, 11) is 0.822. The van der Waals surface area contributed by atoms with Gasteiger partial charge in [0, 0.05) is 48.0 Å². The van der Waals surface area contributed by atoms with E-state index in [1.165, 1.54) is 0 Å². The molecule has 0 saturated heterocycles. The van der Waals surface area contributed by atoms with Crippen molar-refractivity contribution < 1.29 is 8.95 Å². The Balaban J connectivity index is 0.00000450. The summed E-state index contributed by atoms with van der Waals surface area (Å²) >= 11 is 0. The Morgan fingerprint density at radius 2 is 1.80 bits per heavy atom. The molecule has 0 heterocycles. The fourth-order valence-electron chi connectivity index (χ4n) is 2.75. The van der Waals surface area contributed by atoms with Gasteiger partial charge >= 0.3 is 0 Å². The molecule has 0 aliphatic heterocycles. The molecule has 0 fully saturated rings. The molecule has 2 aromatic rings. The lowest BCUT2D eigenvalue weighted by atomic mass is 10.1. The molecule has 0 aromatic heterocycles. The summed E-state index contributed by atoms with van der Waals surface area (Å²) in [6, 6.07) is 16.1. The second kappa shape index (κ2) is 12.9. The molecule has 0 radical (unpaired) electrons. The van der Waals surface area contributed by atoms with Crippen molar-refractivity contribution in [3.63, 3.8) is 0 Å². The summed E-state index contributed by atoms with van der Waals surface area (Å²) in [4.78, 5) is 4.26. The van der Waals surface area contributed by atoms with Crippen LogP contribution in [0.15, 0.2) is 53.5 Å². The molecule has 0 bridgehead atoms. The third kappa shape index (κ3) is 9.93. The first-order valence-electron chi connectivity index (χ1n) is 9.89. The van der Waals surface area contributed by atoms with Gasteiger partial charge in [-0.3, -0.25) is 9.20 Å². The van der Waals surface area contributed by atoms with Crippen molar-refractivity contribution in [1.82, 2.24) is 10.6 Å².